The van der Waals surface area contributed by atoms with Gasteiger partial charge in [0.15, 0.2) is 0 Å². The zero-order chi connectivity index (χ0) is 21.1. The molecule has 30 heavy (non-hydrogen) atoms. The lowest BCUT2D eigenvalue weighted by Crippen LogP contribution is -2.55. The molecule has 1 aliphatic carbocycles. The number of rotatable bonds is 6. The van der Waals surface area contributed by atoms with E-state index in [-0.39, 0.29) is 23.9 Å². The monoisotopic (exact) mass is 428 g/mol. The number of carbonyl (C=O) groups is 1. The van der Waals surface area contributed by atoms with E-state index < -0.39 is 10.2 Å². The fraction of sp³-hybridized carbons (Fsp3) is 0.409. The largest absolute Gasteiger partial charge is 0.334 e. The lowest BCUT2D eigenvalue weighted by atomic mass is 10.1. The van der Waals surface area contributed by atoms with Gasteiger partial charge in [-0.15, -0.1) is 0 Å². The molecule has 0 bridgehead atoms. The Morgan fingerprint density at radius 3 is 2.20 bits per heavy atom. The minimum Gasteiger partial charge on any atom is -0.334 e. The van der Waals surface area contributed by atoms with Crippen LogP contribution in [0.2, 0.25) is 0 Å². The number of carbonyl (C=O) groups excluding carboxylic acids is 1. The molecule has 1 saturated heterocycles. The first kappa shape index (κ1) is 20.8. The molecule has 0 aromatic heterocycles. The Morgan fingerprint density at radius 2 is 1.57 bits per heavy atom. The van der Waals surface area contributed by atoms with E-state index in [0.717, 1.165) is 11.1 Å². The van der Waals surface area contributed by atoms with E-state index in [2.05, 4.69) is 17.0 Å². The highest BCUT2D eigenvalue weighted by molar-refractivity contribution is 7.87. The van der Waals surface area contributed by atoms with Gasteiger partial charge in [0.25, 0.3) is 10.2 Å². The summed E-state index contributed by atoms with van der Waals surface area (Å²) in [6.07, 6.45) is 0. The third kappa shape index (κ3) is 4.66. The number of nitrogens with one attached hydrogen (secondary N) is 2. The summed E-state index contributed by atoms with van der Waals surface area (Å²) in [6.45, 7) is 3.88. The smallest absolute Gasteiger partial charge is 0.317 e. The summed E-state index contributed by atoms with van der Waals surface area (Å²) in [7, 11) is -3.57. The summed E-state index contributed by atoms with van der Waals surface area (Å²) in [5.41, 5.74) is 2.19. The SMILES string of the molecule is C[C@H]1[C@H](NS(=O)(=O)N2CCN(C(=O)NCc3ccccc3)CC2)[C@H]1c1ccccc1. The third-order valence-electron chi connectivity index (χ3n) is 6.00. The molecule has 2 aromatic rings. The van der Waals surface area contributed by atoms with Gasteiger partial charge in [-0.05, 0) is 17.0 Å². The van der Waals surface area contributed by atoms with Crippen LogP contribution in [0.1, 0.15) is 24.0 Å². The van der Waals surface area contributed by atoms with Gasteiger partial charge in [-0.2, -0.15) is 17.4 Å². The summed E-state index contributed by atoms with van der Waals surface area (Å²) in [6, 6.07) is 19.5. The van der Waals surface area contributed by atoms with Crippen LogP contribution in [0.4, 0.5) is 4.79 Å². The molecule has 2 fully saturated rings. The first-order chi connectivity index (χ1) is 14.5. The normalized spacial score (nSPS) is 24.4. The Balaban J connectivity index is 1.26. The maximum Gasteiger partial charge on any atom is 0.317 e. The van der Waals surface area contributed by atoms with Gasteiger partial charge >= 0.3 is 6.03 Å². The van der Waals surface area contributed by atoms with Gasteiger partial charge in [0.2, 0.25) is 0 Å². The molecule has 160 valence electrons. The van der Waals surface area contributed by atoms with Gasteiger partial charge in [-0.3, -0.25) is 0 Å². The molecule has 2 aliphatic rings. The molecule has 1 saturated carbocycles. The summed E-state index contributed by atoms with van der Waals surface area (Å²) >= 11 is 0. The number of hydrogen-bond donors (Lipinski definition) is 2. The van der Waals surface area contributed by atoms with Crippen LogP contribution in [0, 0.1) is 5.92 Å². The number of urea groups is 1. The van der Waals surface area contributed by atoms with Gasteiger partial charge in [0, 0.05) is 44.7 Å². The van der Waals surface area contributed by atoms with Crippen molar-refractivity contribution in [1.29, 1.82) is 0 Å². The first-order valence-electron chi connectivity index (χ1n) is 10.3. The predicted molar refractivity (Wildman–Crippen MR) is 116 cm³/mol. The fourth-order valence-electron chi connectivity index (χ4n) is 4.09. The highest BCUT2D eigenvalue weighted by Crippen LogP contribution is 2.47. The van der Waals surface area contributed by atoms with Crippen molar-refractivity contribution in [2.45, 2.75) is 25.4 Å². The van der Waals surface area contributed by atoms with E-state index in [9.17, 15) is 13.2 Å². The summed E-state index contributed by atoms with van der Waals surface area (Å²) in [4.78, 5) is 14.1. The molecule has 2 amide bonds. The summed E-state index contributed by atoms with van der Waals surface area (Å²) in [5.74, 6) is 0.484. The van der Waals surface area contributed by atoms with E-state index in [1.807, 2.05) is 60.7 Å². The zero-order valence-electron chi connectivity index (χ0n) is 17.1. The van der Waals surface area contributed by atoms with Crippen molar-refractivity contribution >= 4 is 16.2 Å². The molecule has 0 radical (unpaired) electrons. The first-order valence-corrected chi connectivity index (χ1v) is 11.8. The van der Waals surface area contributed by atoms with Gasteiger partial charge in [-0.25, -0.2) is 4.79 Å². The predicted octanol–water partition coefficient (Wildman–Crippen LogP) is 2.15. The second-order valence-electron chi connectivity index (χ2n) is 7.97. The Kier molecular flexibility index (Phi) is 6.08. The van der Waals surface area contributed by atoms with Crippen molar-refractivity contribution in [3.05, 3.63) is 71.8 Å². The van der Waals surface area contributed by atoms with Crippen LogP contribution in [0.5, 0.6) is 0 Å². The molecule has 4 rings (SSSR count). The number of amides is 2. The van der Waals surface area contributed by atoms with E-state index in [0.29, 0.717) is 32.7 Å². The van der Waals surface area contributed by atoms with E-state index in [1.54, 1.807) is 4.90 Å². The number of benzene rings is 2. The molecule has 2 aromatic carbocycles. The maximum atomic E-state index is 12.8. The highest BCUT2D eigenvalue weighted by atomic mass is 32.2. The van der Waals surface area contributed by atoms with Crippen LogP contribution in [0.3, 0.4) is 0 Å². The fourth-order valence-corrected chi connectivity index (χ4v) is 5.59. The molecular formula is C22H28N4O3S. The second kappa shape index (κ2) is 8.75. The van der Waals surface area contributed by atoms with Crippen molar-refractivity contribution in [2.24, 2.45) is 5.92 Å². The Bertz CT molecular complexity index is 960. The second-order valence-corrected chi connectivity index (χ2v) is 9.68. The molecule has 3 atom stereocenters. The van der Waals surface area contributed by atoms with E-state index in [4.69, 9.17) is 0 Å². The molecule has 2 N–H and O–H groups in total. The molecular weight excluding hydrogens is 400 g/mol. The van der Waals surface area contributed by atoms with Crippen LogP contribution < -0.4 is 10.0 Å². The van der Waals surface area contributed by atoms with Crippen LogP contribution in [0.25, 0.3) is 0 Å². The topological polar surface area (TPSA) is 81.8 Å². The lowest BCUT2D eigenvalue weighted by Gasteiger charge is -2.34. The van der Waals surface area contributed by atoms with E-state index >= 15 is 0 Å². The van der Waals surface area contributed by atoms with Crippen LogP contribution in [-0.4, -0.2) is 55.9 Å². The molecule has 1 heterocycles. The van der Waals surface area contributed by atoms with Crippen molar-refractivity contribution in [1.82, 2.24) is 19.2 Å². The highest BCUT2D eigenvalue weighted by Gasteiger charge is 2.50. The van der Waals surface area contributed by atoms with Crippen LogP contribution in [0.15, 0.2) is 60.7 Å². The molecule has 8 heteroatoms. The average Bonchev–Trinajstić information content (AvgIpc) is 3.41. The maximum absolute atomic E-state index is 12.8. The van der Waals surface area contributed by atoms with Crippen LogP contribution in [-0.2, 0) is 16.8 Å². The Morgan fingerprint density at radius 1 is 0.967 bits per heavy atom. The minimum atomic E-state index is -3.57. The molecule has 1 aliphatic heterocycles. The zero-order valence-corrected chi connectivity index (χ0v) is 17.9. The van der Waals surface area contributed by atoms with Crippen LogP contribution >= 0.6 is 0 Å². The molecule has 0 spiro atoms. The van der Waals surface area contributed by atoms with Crippen molar-refractivity contribution in [2.75, 3.05) is 26.2 Å². The van der Waals surface area contributed by atoms with Crippen molar-refractivity contribution < 1.29 is 13.2 Å². The van der Waals surface area contributed by atoms with Gasteiger partial charge < -0.3 is 10.2 Å². The minimum absolute atomic E-state index is 0.0791. The molecule has 7 nitrogen and oxygen atoms in total. The average molecular weight is 429 g/mol. The molecule has 0 unspecified atom stereocenters. The number of nitrogens with zero attached hydrogens (tertiary/aromatic N) is 2. The van der Waals surface area contributed by atoms with E-state index in [1.165, 1.54) is 4.31 Å². The number of hydrogen-bond acceptors (Lipinski definition) is 3. The Labute approximate surface area is 178 Å². The Hall–Kier alpha value is -2.42. The third-order valence-corrected chi connectivity index (χ3v) is 7.62. The lowest BCUT2D eigenvalue weighted by molar-refractivity contribution is 0.171. The van der Waals surface area contributed by atoms with Gasteiger partial charge in [0.05, 0.1) is 0 Å². The van der Waals surface area contributed by atoms with Gasteiger partial charge in [-0.1, -0.05) is 67.6 Å². The number of piperazine rings is 1. The summed E-state index contributed by atoms with van der Waals surface area (Å²) < 4.78 is 30.0. The van der Waals surface area contributed by atoms with Crippen molar-refractivity contribution in [3.8, 4) is 0 Å². The summed E-state index contributed by atoms with van der Waals surface area (Å²) in [5, 5.41) is 2.90. The van der Waals surface area contributed by atoms with Crippen molar-refractivity contribution in [3.63, 3.8) is 0 Å². The quantitative estimate of drug-likeness (QED) is 0.740. The standard InChI is InChI=1S/C22H28N4O3S/c1-17-20(19-10-6-3-7-11-19)21(17)24-30(28,29)26-14-12-25(13-15-26)22(27)23-16-18-8-4-2-5-9-18/h2-11,17,20-21,24H,12-16H2,1H3,(H,23,27)/t17-,20-,21+/m1/s1. The van der Waals surface area contributed by atoms with Gasteiger partial charge in [0.1, 0.15) is 0 Å².